The Morgan fingerprint density at radius 2 is 1.11 bits per heavy atom. The number of aryl methyl sites for hydroxylation is 1. The summed E-state index contributed by atoms with van der Waals surface area (Å²) in [5.41, 5.74) is 3.22. The van der Waals surface area contributed by atoms with Crippen LogP contribution >= 0.6 is 0 Å². The molecule has 0 N–H and O–H groups in total. The molecular formula is C29H28N2O3S. The molecule has 35 heavy (non-hydrogen) atoms. The van der Waals surface area contributed by atoms with E-state index in [1.54, 1.807) is 47.4 Å². The zero-order valence-corrected chi connectivity index (χ0v) is 20.4. The maximum Gasteiger partial charge on any atom is 0.264 e. The summed E-state index contributed by atoms with van der Waals surface area (Å²) >= 11 is 0. The van der Waals surface area contributed by atoms with E-state index < -0.39 is 10.0 Å². The van der Waals surface area contributed by atoms with Crippen LogP contribution in [0.25, 0.3) is 0 Å². The Morgan fingerprint density at radius 1 is 0.657 bits per heavy atom. The summed E-state index contributed by atoms with van der Waals surface area (Å²) in [7, 11) is -3.97. The molecule has 4 rings (SSSR count). The van der Waals surface area contributed by atoms with Gasteiger partial charge in [0.05, 0.1) is 10.6 Å². The van der Waals surface area contributed by atoms with Crippen LogP contribution in [0.5, 0.6) is 0 Å². The molecule has 6 heteroatoms. The molecule has 5 nitrogen and oxygen atoms in total. The minimum atomic E-state index is -3.97. The van der Waals surface area contributed by atoms with Gasteiger partial charge in [-0.15, -0.1) is 0 Å². The highest BCUT2D eigenvalue weighted by atomic mass is 32.2. The molecule has 178 valence electrons. The van der Waals surface area contributed by atoms with Crippen molar-refractivity contribution in [3.8, 4) is 0 Å². The molecule has 0 fully saturated rings. The van der Waals surface area contributed by atoms with E-state index in [4.69, 9.17) is 0 Å². The number of para-hydroxylation sites is 1. The quantitative estimate of drug-likeness (QED) is 0.319. The molecule has 0 aromatic heterocycles. The van der Waals surface area contributed by atoms with Crippen LogP contribution in [-0.4, -0.2) is 25.8 Å². The van der Waals surface area contributed by atoms with Gasteiger partial charge in [0.2, 0.25) is 5.91 Å². The summed E-state index contributed by atoms with van der Waals surface area (Å²) in [4.78, 5) is 15.6. The third-order valence-corrected chi connectivity index (χ3v) is 7.55. The van der Waals surface area contributed by atoms with Crippen LogP contribution in [0.1, 0.15) is 16.7 Å². The number of benzene rings is 4. The number of carbonyl (C=O) groups is 1. The summed E-state index contributed by atoms with van der Waals surface area (Å²) < 4.78 is 28.7. The highest BCUT2D eigenvalue weighted by Gasteiger charge is 2.30. The number of hydrogen-bond donors (Lipinski definition) is 0. The van der Waals surface area contributed by atoms with Crippen molar-refractivity contribution in [2.45, 2.75) is 24.9 Å². The monoisotopic (exact) mass is 484 g/mol. The van der Waals surface area contributed by atoms with Crippen LogP contribution in [0.4, 0.5) is 5.69 Å². The Hall–Kier alpha value is -3.90. The number of sulfonamides is 1. The molecule has 0 atom stereocenters. The summed E-state index contributed by atoms with van der Waals surface area (Å²) in [5.74, 6) is -0.277. The molecule has 0 aliphatic carbocycles. The van der Waals surface area contributed by atoms with E-state index in [1.165, 1.54) is 4.31 Å². The Labute approximate surface area is 207 Å². The maximum atomic E-state index is 13.7. The van der Waals surface area contributed by atoms with E-state index in [1.807, 2.05) is 79.7 Å². The number of hydrogen-bond acceptors (Lipinski definition) is 3. The van der Waals surface area contributed by atoms with E-state index >= 15 is 0 Å². The Balaban J connectivity index is 1.70. The minimum Gasteiger partial charge on any atom is -0.332 e. The van der Waals surface area contributed by atoms with Gasteiger partial charge < -0.3 is 4.90 Å². The molecule has 4 aromatic rings. The lowest BCUT2D eigenvalue weighted by molar-refractivity contribution is -0.130. The number of carbonyl (C=O) groups excluding carboxylic acids is 1. The molecule has 0 aliphatic heterocycles. The second-order valence-electron chi connectivity index (χ2n) is 8.33. The van der Waals surface area contributed by atoms with Gasteiger partial charge in [-0.25, -0.2) is 8.42 Å². The molecule has 0 saturated heterocycles. The molecular weight excluding hydrogens is 456 g/mol. The van der Waals surface area contributed by atoms with Crippen LogP contribution in [0.15, 0.2) is 120 Å². The topological polar surface area (TPSA) is 57.7 Å². The second kappa shape index (κ2) is 11.0. The fourth-order valence-corrected chi connectivity index (χ4v) is 5.43. The smallest absolute Gasteiger partial charge is 0.264 e. The van der Waals surface area contributed by atoms with Crippen molar-refractivity contribution < 1.29 is 13.2 Å². The average molecular weight is 485 g/mol. The second-order valence-corrected chi connectivity index (χ2v) is 10.2. The normalized spacial score (nSPS) is 11.1. The number of amides is 1. The number of nitrogens with zero attached hydrogens (tertiary/aromatic N) is 2. The van der Waals surface area contributed by atoms with Crippen LogP contribution in [-0.2, 0) is 27.9 Å². The van der Waals surface area contributed by atoms with Gasteiger partial charge in [0, 0.05) is 13.1 Å². The molecule has 0 spiro atoms. The first-order valence-electron chi connectivity index (χ1n) is 11.4. The maximum absolute atomic E-state index is 13.7. The van der Waals surface area contributed by atoms with Crippen molar-refractivity contribution in [1.82, 2.24) is 4.90 Å². The van der Waals surface area contributed by atoms with Crippen molar-refractivity contribution in [1.29, 1.82) is 0 Å². The van der Waals surface area contributed by atoms with Gasteiger partial charge >= 0.3 is 0 Å². The van der Waals surface area contributed by atoms with Crippen molar-refractivity contribution >= 4 is 21.6 Å². The molecule has 0 unspecified atom stereocenters. The number of anilines is 1. The van der Waals surface area contributed by atoms with Crippen molar-refractivity contribution in [2.75, 3.05) is 10.8 Å². The average Bonchev–Trinajstić information content (AvgIpc) is 2.89. The first kappa shape index (κ1) is 24.2. The predicted molar refractivity (Wildman–Crippen MR) is 139 cm³/mol. The summed E-state index contributed by atoms with van der Waals surface area (Å²) in [6.45, 7) is 2.30. The fraction of sp³-hybridized carbons (Fsp3) is 0.138. The highest BCUT2D eigenvalue weighted by Crippen LogP contribution is 2.27. The largest absolute Gasteiger partial charge is 0.332 e. The summed E-state index contributed by atoms with van der Waals surface area (Å²) in [5, 5.41) is 0. The molecule has 4 aromatic carbocycles. The third kappa shape index (κ3) is 5.97. The van der Waals surface area contributed by atoms with Crippen LogP contribution in [0.3, 0.4) is 0 Å². The SMILES string of the molecule is Cc1ccccc1N(CC(=O)N(Cc1ccccc1)Cc1ccccc1)S(=O)(=O)c1ccccc1. The zero-order valence-electron chi connectivity index (χ0n) is 19.6. The van der Waals surface area contributed by atoms with Crippen LogP contribution in [0, 0.1) is 6.92 Å². The van der Waals surface area contributed by atoms with Gasteiger partial charge in [0.25, 0.3) is 10.0 Å². The first-order valence-corrected chi connectivity index (χ1v) is 12.9. The van der Waals surface area contributed by atoms with Gasteiger partial charge in [-0.2, -0.15) is 0 Å². The molecule has 0 bridgehead atoms. The Kier molecular flexibility index (Phi) is 7.63. The van der Waals surface area contributed by atoms with Crippen molar-refractivity contribution in [2.24, 2.45) is 0 Å². The lowest BCUT2D eigenvalue weighted by Crippen LogP contribution is -2.42. The van der Waals surface area contributed by atoms with Gasteiger partial charge in [0.1, 0.15) is 6.54 Å². The molecule has 1 amide bonds. The summed E-state index contributed by atoms with van der Waals surface area (Å²) in [6.07, 6.45) is 0. The number of rotatable bonds is 9. The van der Waals surface area contributed by atoms with Crippen molar-refractivity contribution in [3.63, 3.8) is 0 Å². The van der Waals surface area contributed by atoms with E-state index in [-0.39, 0.29) is 17.3 Å². The zero-order chi connectivity index (χ0) is 24.7. The minimum absolute atomic E-state index is 0.147. The van der Waals surface area contributed by atoms with E-state index in [9.17, 15) is 13.2 Å². The highest BCUT2D eigenvalue weighted by molar-refractivity contribution is 7.92. The standard InChI is InChI=1S/C29H28N2O3S/c1-24-13-11-12-20-28(24)31(35(33,34)27-18-9-4-10-19-27)23-29(32)30(21-25-14-5-2-6-15-25)22-26-16-7-3-8-17-26/h2-20H,21-23H2,1H3. The van der Waals surface area contributed by atoms with Gasteiger partial charge in [-0.3, -0.25) is 9.10 Å². The predicted octanol–water partition coefficient (Wildman–Crippen LogP) is 5.42. The van der Waals surface area contributed by atoms with Gasteiger partial charge in [0.15, 0.2) is 0 Å². The van der Waals surface area contributed by atoms with Gasteiger partial charge in [-0.1, -0.05) is 97.1 Å². The third-order valence-electron chi connectivity index (χ3n) is 5.78. The van der Waals surface area contributed by atoms with E-state index in [0.717, 1.165) is 16.7 Å². The van der Waals surface area contributed by atoms with Crippen LogP contribution in [0.2, 0.25) is 0 Å². The van der Waals surface area contributed by atoms with Gasteiger partial charge in [-0.05, 0) is 41.8 Å². The molecule has 0 heterocycles. The Bertz CT molecular complexity index is 1320. The van der Waals surface area contributed by atoms with E-state index in [0.29, 0.717) is 18.8 Å². The summed E-state index contributed by atoms with van der Waals surface area (Å²) in [6, 6.07) is 34.9. The molecule has 0 saturated carbocycles. The molecule has 0 aliphatic rings. The van der Waals surface area contributed by atoms with Crippen LogP contribution < -0.4 is 4.31 Å². The van der Waals surface area contributed by atoms with Crippen molar-refractivity contribution in [3.05, 3.63) is 132 Å². The lowest BCUT2D eigenvalue weighted by Gasteiger charge is -2.29. The Morgan fingerprint density at radius 3 is 1.63 bits per heavy atom. The van der Waals surface area contributed by atoms with E-state index in [2.05, 4.69) is 0 Å². The lowest BCUT2D eigenvalue weighted by atomic mass is 10.1. The first-order chi connectivity index (χ1) is 16.9. The fourth-order valence-electron chi connectivity index (χ4n) is 3.93. The molecule has 0 radical (unpaired) electrons.